The van der Waals surface area contributed by atoms with Crippen molar-refractivity contribution in [2.24, 2.45) is 0 Å². The van der Waals surface area contributed by atoms with Crippen molar-refractivity contribution in [3.63, 3.8) is 0 Å². The molecule has 0 amide bonds. The van der Waals surface area contributed by atoms with Gasteiger partial charge in [-0.05, 0) is 41.7 Å². The highest BCUT2D eigenvalue weighted by Crippen LogP contribution is 2.26. The van der Waals surface area contributed by atoms with Crippen molar-refractivity contribution in [3.05, 3.63) is 77.9 Å². The largest absolute Gasteiger partial charge is 0.114 e. The van der Waals surface area contributed by atoms with E-state index in [0.29, 0.717) is 0 Å². The predicted octanol–water partition coefficient (Wildman–Crippen LogP) is 4.43. The van der Waals surface area contributed by atoms with Gasteiger partial charge in [0.25, 0.3) is 0 Å². The Morgan fingerprint density at radius 1 is 0.619 bits per heavy atom. The van der Waals surface area contributed by atoms with Crippen LogP contribution in [-0.4, -0.2) is 7.85 Å². The van der Waals surface area contributed by atoms with E-state index in [2.05, 4.69) is 67.6 Å². The molecule has 0 spiro atoms. The summed E-state index contributed by atoms with van der Waals surface area (Å²) in [7, 11) is 5.88. The molecule has 0 nitrogen and oxygen atoms in total. The average molecular weight is 268 g/mol. The zero-order valence-electron chi connectivity index (χ0n) is 12.4. The first-order chi connectivity index (χ1) is 10.1. The Kier molecular flexibility index (Phi) is 3.66. The van der Waals surface area contributed by atoms with E-state index >= 15 is 0 Å². The molecule has 3 aromatic rings. The molecule has 0 heterocycles. The third-order valence-electron chi connectivity index (χ3n) is 3.94. The molecule has 0 aliphatic rings. The summed E-state index contributed by atoms with van der Waals surface area (Å²) >= 11 is 0. The maximum absolute atomic E-state index is 5.88. The summed E-state index contributed by atoms with van der Waals surface area (Å²) in [5.41, 5.74) is 8.23. The Morgan fingerprint density at radius 2 is 1.24 bits per heavy atom. The van der Waals surface area contributed by atoms with Gasteiger partial charge in [-0.3, -0.25) is 0 Å². The fourth-order valence-corrected chi connectivity index (χ4v) is 2.59. The molecule has 0 N–H and O–H groups in total. The van der Waals surface area contributed by atoms with Gasteiger partial charge in [0.1, 0.15) is 7.85 Å². The van der Waals surface area contributed by atoms with Gasteiger partial charge in [-0.1, -0.05) is 77.8 Å². The van der Waals surface area contributed by atoms with E-state index in [9.17, 15) is 0 Å². The normalized spacial score (nSPS) is 10.6. The minimum atomic E-state index is 0.843. The Balaban J connectivity index is 1.97. The van der Waals surface area contributed by atoms with E-state index in [4.69, 9.17) is 7.85 Å². The molecule has 1 heteroatoms. The highest BCUT2D eigenvalue weighted by molar-refractivity contribution is 6.33. The molecule has 100 valence electrons. The molecule has 0 saturated carbocycles. The van der Waals surface area contributed by atoms with E-state index in [1.54, 1.807) is 0 Å². The van der Waals surface area contributed by atoms with Gasteiger partial charge < -0.3 is 0 Å². The average Bonchev–Trinajstić information content (AvgIpc) is 2.51. The van der Waals surface area contributed by atoms with Crippen LogP contribution in [-0.2, 0) is 0 Å². The van der Waals surface area contributed by atoms with Crippen LogP contribution in [0.2, 0.25) is 0 Å². The number of benzene rings is 3. The van der Waals surface area contributed by atoms with Gasteiger partial charge in [0.05, 0.1) is 0 Å². The third-order valence-corrected chi connectivity index (χ3v) is 3.94. The van der Waals surface area contributed by atoms with E-state index in [1.165, 1.54) is 27.8 Å². The summed E-state index contributed by atoms with van der Waals surface area (Å²) in [6.45, 7) is 4.19. The quantitative estimate of drug-likeness (QED) is 0.603. The van der Waals surface area contributed by atoms with E-state index in [-0.39, 0.29) is 0 Å². The van der Waals surface area contributed by atoms with Gasteiger partial charge in [0.2, 0.25) is 0 Å². The first-order valence-electron chi connectivity index (χ1n) is 7.18. The Bertz CT molecular complexity index is 770. The van der Waals surface area contributed by atoms with Gasteiger partial charge in [0, 0.05) is 0 Å². The summed E-state index contributed by atoms with van der Waals surface area (Å²) in [4.78, 5) is 0. The van der Waals surface area contributed by atoms with E-state index < -0.39 is 0 Å². The number of hydrogen-bond acceptors (Lipinski definition) is 0. The SMILES string of the molecule is [B]c1ccc(-c2ccc(-c3ccccc3C)cc2)cc1C. The molecule has 0 bridgehead atoms. The van der Waals surface area contributed by atoms with Crippen molar-refractivity contribution >= 4 is 13.3 Å². The molecule has 0 aliphatic carbocycles. The molecule has 3 aromatic carbocycles. The second-order valence-corrected chi connectivity index (χ2v) is 5.46. The molecular formula is C20H17B. The second kappa shape index (κ2) is 5.61. The van der Waals surface area contributed by atoms with Crippen LogP contribution >= 0.6 is 0 Å². The molecule has 3 rings (SSSR count). The van der Waals surface area contributed by atoms with Crippen LogP contribution in [0.1, 0.15) is 11.1 Å². The lowest BCUT2D eigenvalue weighted by Crippen LogP contribution is -2.05. The van der Waals surface area contributed by atoms with Crippen molar-refractivity contribution in [3.8, 4) is 22.3 Å². The van der Waals surface area contributed by atoms with Crippen molar-refractivity contribution in [2.45, 2.75) is 13.8 Å². The molecular weight excluding hydrogens is 251 g/mol. The monoisotopic (exact) mass is 268 g/mol. The van der Waals surface area contributed by atoms with Gasteiger partial charge >= 0.3 is 0 Å². The lowest BCUT2D eigenvalue weighted by Gasteiger charge is -2.09. The minimum absolute atomic E-state index is 0.843. The van der Waals surface area contributed by atoms with Crippen molar-refractivity contribution in [1.82, 2.24) is 0 Å². The van der Waals surface area contributed by atoms with E-state index in [0.717, 1.165) is 11.0 Å². The fourth-order valence-electron chi connectivity index (χ4n) is 2.59. The highest BCUT2D eigenvalue weighted by atomic mass is 14.1. The second-order valence-electron chi connectivity index (χ2n) is 5.46. The van der Waals surface area contributed by atoms with Crippen molar-refractivity contribution < 1.29 is 0 Å². The highest BCUT2D eigenvalue weighted by Gasteiger charge is 2.03. The lowest BCUT2D eigenvalue weighted by molar-refractivity contribution is 1.45. The van der Waals surface area contributed by atoms with Crippen LogP contribution in [0.15, 0.2) is 66.7 Å². The summed E-state index contributed by atoms with van der Waals surface area (Å²) < 4.78 is 0. The minimum Gasteiger partial charge on any atom is -0.0938 e. The third kappa shape index (κ3) is 2.78. The first kappa shape index (κ1) is 13.7. The summed E-state index contributed by atoms with van der Waals surface area (Å²) in [6, 6.07) is 23.4. The van der Waals surface area contributed by atoms with Crippen LogP contribution in [0, 0.1) is 13.8 Å². The number of rotatable bonds is 2. The Morgan fingerprint density at radius 3 is 1.90 bits per heavy atom. The Hall–Kier alpha value is -2.28. The van der Waals surface area contributed by atoms with Crippen molar-refractivity contribution in [1.29, 1.82) is 0 Å². The van der Waals surface area contributed by atoms with Crippen LogP contribution in [0.5, 0.6) is 0 Å². The topological polar surface area (TPSA) is 0 Å². The molecule has 0 fully saturated rings. The fraction of sp³-hybridized carbons (Fsp3) is 0.100. The molecule has 0 unspecified atom stereocenters. The first-order valence-corrected chi connectivity index (χ1v) is 7.18. The molecule has 0 atom stereocenters. The van der Waals surface area contributed by atoms with Gasteiger partial charge in [0.15, 0.2) is 0 Å². The van der Waals surface area contributed by atoms with Crippen LogP contribution in [0.25, 0.3) is 22.3 Å². The van der Waals surface area contributed by atoms with Gasteiger partial charge in [-0.2, -0.15) is 0 Å². The predicted molar refractivity (Wildman–Crippen MR) is 92.2 cm³/mol. The molecule has 0 aromatic heterocycles. The smallest absolute Gasteiger partial charge is 0.0938 e. The standard InChI is InChI=1S/C20H17B/c1-14-5-3-4-6-19(14)17-9-7-16(8-10-17)18-11-12-20(21)15(2)13-18/h3-13H,1-2H3. The summed E-state index contributed by atoms with van der Waals surface area (Å²) in [6.07, 6.45) is 0. The van der Waals surface area contributed by atoms with Crippen molar-refractivity contribution in [2.75, 3.05) is 0 Å². The van der Waals surface area contributed by atoms with Gasteiger partial charge in [-0.15, -0.1) is 0 Å². The molecule has 21 heavy (non-hydrogen) atoms. The molecule has 2 radical (unpaired) electrons. The van der Waals surface area contributed by atoms with Crippen LogP contribution in [0.4, 0.5) is 0 Å². The van der Waals surface area contributed by atoms with E-state index in [1.807, 2.05) is 13.0 Å². The van der Waals surface area contributed by atoms with Gasteiger partial charge in [-0.25, -0.2) is 0 Å². The summed E-state index contributed by atoms with van der Waals surface area (Å²) in [5.74, 6) is 0. The molecule has 0 aliphatic heterocycles. The maximum Gasteiger partial charge on any atom is 0.114 e. The molecule has 0 saturated heterocycles. The van der Waals surface area contributed by atoms with Crippen LogP contribution < -0.4 is 5.46 Å². The maximum atomic E-state index is 5.88. The van der Waals surface area contributed by atoms with Crippen LogP contribution in [0.3, 0.4) is 0 Å². The summed E-state index contributed by atoms with van der Waals surface area (Å²) in [5, 5.41) is 0. The zero-order chi connectivity index (χ0) is 14.8. The lowest BCUT2D eigenvalue weighted by atomic mass is 9.88. The Labute approximate surface area is 127 Å². The number of hydrogen-bond donors (Lipinski definition) is 0. The number of aryl methyl sites for hydroxylation is 2. The zero-order valence-corrected chi connectivity index (χ0v) is 12.4.